The molecule has 1 aromatic heterocycles. The molecule has 184 valence electrons. The molecule has 2 heterocycles. The van der Waals surface area contributed by atoms with Crippen LogP contribution in [0.1, 0.15) is 16.8 Å². The van der Waals surface area contributed by atoms with Gasteiger partial charge in [-0.1, -0.05) is 66.7 Å². The van der Waals surface area contributed by atoms with Gasteiger partial charge in [0.2, 0.25) is 0 Å². The molecule has 1 aliphatic rings. The average Bonchev–Trinajstić information content (AvgIpc) is 3.55. The van der Waals surface area contributed by atoms with Gasteiger partial charge in [-0.15, -0.1) is 0 Å². The number of nitrogens with zero attached hydrogens (tertiary/aromatic N) is 3. The Morgan fingerprint density at radius 1 is 0.917 bits per heavy atom. The van der Waals surface area contributed by atoms with Crippen LogP contribution >= 0.6 is 0 Å². The van der Waals surface area contributed by atoms with Crippen molar-refractivity contribution in [3.63, 3.8) is 0 Å². The third-order valence-electron chi connectivity index (χ3n) is 6.41. The van der Waals surface area contributed by atoms with Crippen LogP contribution in [0.2, 0.25) is 0 Å². The lowest BCUT2D eigenvalue weighted by atomic mass is 10.1. The highest BCUT2D eigenvalue weighted by Crippen LogP contribution is 2.33. The molecule has 0 radical (unpaired) electrons. The third-order valence-corrected chi connectivity index (χ3v) is 8.17. The molecular formula is C27H25N3O5S. The molecule has 0 aliphatic carbocycles. The van der Waals surface area contributed by atoms with E-state index in [2.05, 4.69) is 0 Å². The number of amides is 2. The molecule has 1 fully saturated rings. The molecule has 8 nitrogen and oxygen atoms in total. The molecule has 1 aliphatic heterocycles. The highest BCUT2D eigenvalue weighted by molar-refractivity contribution is 7.88. The van der Waals surface area contributed by atoms with Crippen molar-refractivity contribution in [2.75, 3.05) is 20.2 Å². The monoisotopic (exact) mass is 503 g/mol. The number of aromatic nitrogens is 1. The first-order valence-electron chi connectivity index (χ1n) is 11.5. The van der Waals surface area contributed by atoms with Gasteiger partial charge < -0.3 is 9.64 Å². The predicted molar refractivity (Wildman–Crippen MR) is 137 cm³/mol. The number of para-hydroxylation sites is 1. The van der Waals surface area contributed by atoms with Crippen LogP contribution in [0, 0.1) is 0 Å². The van der Waals surface area contributed by atoms with Crippen LogP contribution in [0.5, 0.6) is 0 Å². The largest absolute Gasteiger partial charge is 0.453 e. The van der Waals surface area contributed by atoms with Crippen molar-refractivity contribution in [2.45, 2.75) is 12.5 Å². The summed E-state index contributed by atoms with van der Waals surface area (Å²) in [6.45, 7) is 0.336. The Hall–Kier alpha value is -4.11. The molecular weight excluding hydrogens is 478 g/mol. The van der Waals surface area contributed by atoms with Crippen LogP contribution in [0.25, 0.3) is 22.0 Å². The fraction of sp³-hybridized carbons (Fsp3) is 0.185. The number of likely N-dealkylation sites (tertiary alicyclic amines) is 1. The molecule has 4 aromatic rings. The second-order valence-electron chi connectivity index (χ2n) is 8.56. The minimum Gasteiger partial charge on any atom is -0.453 e. The summed E-state index contributed by atoms with van der Waals surface area (Å²) in [6.07, 6.45) is 1.31. The summed E-state index contributed by atoms with van der Waals surface area (Å²) in [5, 5.41) is 0.752. The molecule has 1 atom stereocenters. The van der Waals surface area contributed by atoms with E-state index in [0.717, 1.165) is 20.8 Å². The summed E-state index contributed by atoms with van der Waals surface area (Å²) < 4.78 is 35.5. The van der Waals surface area contributed by atoms with Gasteiger partial charge in [-0.3, -0.25) is 4.79 Å². The van der Waals surface area contributed by atoms with Gasteiger partial charge in [0, 0.05) is 35.8 Å². The summed E-state index contributed by atoms with van der Waals surface area (Å²) in [5.41, 5.74) is 2.31. The summed E-state index contributed by atoms with van der Waals surface area (Å²) in [6, 6.07) is 24.3. The highest BCUT2D eigenvalue weighted by atomic mass is 32.2. The van der Waals surface area contributed by atoms with Crippen molar-refractivity contribution < 1.29 is 22.7 Å². The Morgan fingerprint density at radius 3 is 2.25 bits per heavy atom. The normalized spacial score (nSPS) is 15.7. The zero-order valence-corrected chi connectivity index (χ0v) is 20.5. The predicted octanol–water partition coefficient (Wildman–Crippen LogP) is 4.38. The number of ether oxygens (including phenoxy) is 1. The zero-order chi connectivity index (χ0) is 25.3. The van der Waals surface area contributed by atoms with E-state index in [1.807, 2.05) is 42.5 Å². The average molecular weight is 504 g/mol. The fourth-order valence-corrected chi connectivity index (χ4v) is 6.38. The molecule has 9 heteroatoms. The second-order valence-corrected chi connectivity index (χ2v) is 10.2. The van der Waals surface area contributed by atoms with Crippen molar-refractivity contribution in [1.29, 1.82) is 0 Å². The second kappa shape index (κ2) is 9.50. The number of hydrogen-bond acceptors (Lipinski definition) is 5. The first kappa shape index (κ1) is 23.6. The van der Waals surface area contributed by atoms with E-state index in [-0.39, 0.29) is 18.7 Å². The number of rotatable bonds is 5. The van der Waals surface area contributed by atoms with Crippen LogP contribution in [0.4, 0.5) is 4.79 Å². The van der Waals surface area contributed by atoms with E-state index in [4.69, 9.17) is 4.74 Å². The Bertz CT molecular complexity index is 1520. The molecule has 2 amide bonds. The van der Waals surface area contributed by atoms with Gasteiger partial charge in [0.15, 0.2) is 0 Å². The Kier molecular flexibility index (Phi) is 6.24. The molecule has 1 unspecified atom stereocenters. The van der Waals surface area contributed by atoms with E-state index in [1.165, 1.54) is 16.0 Å². The fourth-order valence-electron chi connectivity index (χ4n) is 4.68. The standard InChI is InChI=1S/C27H25N3O5S/c1-35-27(32)28-17-16-22(18-28)30(26(31)21-12-6-3-7-13-21)36(33,34)29-19-24(20-10-4-2-5-11-20)23-14-8-9-15-25(23)29/h2-15,19,22H,16-18H2,1H3. The Labute approximate surface area is 209 Å². The first-order valence-corrected chi connectivity index (χ1v) is 12.9. The number of methoxy groups -OCH3 is 1. The number of carbonyl (C=O) groups excluding carboxylic acids is 2. The van der Waals surface area contributed by atoms with Crippen molar-refractivity contribution in [2.24, 2.45) is 0 Å². The van der Waals surface area contributed by atoms with Gasteiger partial charge in [0.25, 0.3) is 5.91 Å². The lowest BCUT2D eigenvalue weighted by Crippen LogP contribution is -2.48. The minimum absolute atomic E-state index is 0.0508. The van der Waals surface area contributed by atoms with Gasteiger partial charge in [-0.05, 0) is 30.2 Å². The molecule has 1 saturated heterocycles. The molecule has 5 rings (SSSR count). The van der Waals surface area contributed by atoms with Gasteiger partial charge in [-0.2, -0.15) is 8.42 Å². The van der Waals surface area contributed by atoms with Crippen LogP contribution in [-0.4, -0.2) is 59.8 Å². The lowest BCUT2D eigenvalue weighted by Gasteiger charge is -2.29. The first-order chi connectivity index (χ1) is 17.4. The quantitative estimate of drug-likeness (QED) is 0.403. The van der Waals surface area contributed by atoms with Crippen molar-refractivity contribution >= 4 is 33.1 Å². The van der Waals surface area contributed by atoms with E-state index in [1.54, 1.807) is 48.7 Å². The van der Waals surface area contributed by atoms with E-state index in [9.17, 15) is 18.0 Å². The lowest BCUT2D eigenvalue weighted by molar-refractivity contribution is 0.0816. The molecule has 0 bridgehead atoms. The third kappa shape index (κ3) is 4.11. The maximum Gasteiger partial charge on any atom is 0.409 e. The summed E-state index contributed by atoms with van der Waals surface area (Å²) in [5.74, 6) is -0.647. The van der Waals surface area contributed by atoms with Gasteiger partial charge in [0.1, 0.15) is 0 Å². The van der Waals surface area contributed by atoms with Crippen LogP contribution in [0.15, 0.2) is 91.1 Å². The number of hydrogen-bond donors (Lipinski definition) is 0. The maximum absolute atomic E-state index is 14.3. The highest BCUT2D eigenvalue weighted by Gasteiger charge is 2.41. The maximum atomic E-state index is 14.3. The Morgan fingerprint density at radius 2 is 1.56 bits per heavy atom. The SMILES string of the molecule is COC(=O)N1CCC(N(C(=O)c2ccccc2)S(=O)(=O)n2cc(-c3ccccc3)c3ccccc32)C1. The minimum atomic E-state index is -4.38. The van der Waals surface area contributed by atoms with Crippen molar-refractivity contribution in [3.05, 3.63) is 96.7 Å². The summed E-state index contributed by atoms with van der Waals surface area (Å²) >= 11 is 0. The van der Waals surface area contributed by atoms with E-state index in [0.29, 0.717) is 11.9 Å². The molecule has 36 heavy (non-hydrogen) atoms. The van der Waals surface area contributed by atoms with Crippen LogP contribution in [-0.2, 0) is 14.9 Å². The van der Waals surface area contributed by atoms with E-state index < -0.39 is 28.3 Å². The molecule has 0 saturated carbocycles. The Balaban J connectivity index is 1.65. The number of benzene rings is 3. The smallest absolute Gasteiger partial charge is 0.409 e. The zero-order valence-electron chi connectivity index (χ0n) is 19.7. The summed E-state index contributed by atoms with van der Waals surface area (Å²) in [7, 11) is -3.11. The number of fused-ring (bicyclic) bond motifs is 1. The molecule has 0 N–H and O–H groups in total. The topological polar surface area (TPSA) is 88.9 Å². The molecule has 3 aromatic carbocycles. The number of carbonyl (C=O) groups is 2. The van der Waals surface area contributed by atoms with Crippen LogP contribution in [0.3, 0.4) is 0 Å². The summed E-state index contributed by atoms with van der Waals surface area (Å²) in [4.78, 5) is 27.2. The van der Waals surface area contributed by atoms with E-state index >= 15 is 0 Å². The van der Waals surface area contributed by atoms with Gasteiger partial charge >= 0.3 is 16.3 Å². The van der Waals surface area contributed by atoms with Crippen molar-refractivity contribution in [3.8, 4) is 11.1 Å². The molecule has 0 spiro atoms. The van der Waals surface area contributed by atoms with Crippen molar-refractivity contribution in [1.82, 2.24) is 13.2 Å². The van der Waals surface area contributed by atoms with Gasteiger partial charge in [-0.25, -0.2) is 13.1 Å². The van der Waals surface area contributed by atoms with Gasteiger partial charge in [0.05, 0.1) is 18.7 Å². The van der Waals surface area contributed by atoms with Crippen LogP contribution < -0.4 is 0 Å².